The summed E-state index contributed by atoms with van der Waals surface area (Å²) in [5.41, 5.74) is 3.72. The van der Waals surface area contributed by atoms with E-state index in [9.17, 15) is 9.59 Å². The monoisotopic (exact) mass is 389 g/mol. The van der Waals surface area contributed by atoms with Crippen LogP contribution in [0.5, 0.6) is 0 Å². The smallest absolute Gasteiger partial charge is 0.204 e. The molecule has 1 aliphatic heterocycles. The quantitative estimate of drug-likeness (QED) is 0.568. The maximum absolute atomic E-state index is 13.0. The highest BCUT2D eigenvalue weighted by molar-refractivity contribution is 6.22. The number of ketones is 2. The van der Waals surface area contributed by atoms with Gasteiger partial charge in [0.15, 0.2) is 11.6 Å². The average Bonchev–Trinajstić information content (AvgIpc) is 3.16. The molecular weight excluding hydrogens is 362 g/mol. The first-order valence-corrected chi connectivity index (χ1v) is 10.3. The molecule has 0 bridgehead atoms. The van der Waals surface area contributed by atoms with Crippen LogP contribution in [0.4, 0.5) is 0 Å². The lowest BCUT2D eigenvalue weighted by Gasteiger charge is -2.26. The third-order valence-electron chi connectivity index (χ3n) is 5.81. The van der Waals surface area contributed by atoms with Crippen LogP contribution in [0, 0.1) is 0 Å². The lowest BCUT2D eigenvalue weighted by molar-refractivity contribution is -0.125. The Balaban J connectivity index is 1.54. The molecule has 1 aliphatic carbocycles. The second-order valence-corrected chi connectivity index (χ2v) is 8.21. The van der Waals surface area contributed by atoms with Crippen LogP contribution >= 0.6 is 0 Å². The van der Waals surface area contributed by atoms with Crippen LogP contribution in [0.1, 0.15) is 55.2 Å². The van der Waals surface area contributed by atoms with Gasteiger partial charge in [0.2, 0.25) is 5.88 Å². The molecule has 2 fully saturated rings. The summed E-state index contributed by atoms with van der Waals surface area (Å²) < 4.78 is 5.77. The predicted molar refractivity (Wildman–Crippen MR) is 112 cm³/mol. The molecule has 1 saturated heterocycles. The largest absolute Gasteiger partial charge is 0.477 e. The molecule has 2 aromatic carbocycles. The molecule has 4 rings (SSSR count). The highest BCUT2D eigenvalue weighted by Gasteiger charge is 2.37. The fourth-order valence-corrected chi connectivity index (χ4v) is 4.14. The SMILES string of the molecule is CC(C)c1ccc(C2CC(=O)C(=C3OCCN3Cc3ccccc3)C(=O)C2)cc1. The van der Waals surface area contributed by atoms with Gasteiger partial charge in [0.25, 0.3) is 0 Å². The molecular formula is C25H27NO3. The maximum Gasteiger partial charge on any atom is 0.204 e. The number of carbonyl (C=O) groups is 2. The summed E-state index contributed by atoms with van der Waals surface area (Å²) in [5.74, 6) is 0.676. The van der Waals surface area contributed by atoms with Crippen LogP contribution in [-0.2, 0) is 20.9 Å². The lowest BCUT2D eigenvalue weighted by Crippen LogP contribution is -2.30. The Labute approximate surface area is 172 Å². The van der Waals surface area contributed by atoms with E-state index in [-0.39, 0.29) is 23.1 Å². The van der Waals surface area contributed by atoms with Crippen LogP contribution in [0.25, 0.3) is 0 Å². The average molecular weight is 389 g/mol. The second kappa shape index (κ2) is 8.24. The number of nitrogens with zero attached hydrogens (tertiary/aromatic N) is 1. The van der Waals surface area contributed by atoms with Gasteiger partial charge in [0.1, 0.15) is 12.2 Å². The van der Waals surface area contributed by atoms with Gasteiger partial charge in [0.05, 0.1) is 6.54 Å². The Bertz CT molecular complexity index is 908. The Morgan fingerprint density at radius 3 is 2.24 bits per heavy atom. The van der Waals surface area contributed by atoms with Gasteiger partial charge < -0.3 is 9.64 Å². The highest BCUT2D eigenvalue weighted by Crippen LogP contribution is 2.35. The molecule has 4 heteroatoms. The van der Waals surface area contributed by atoms with Crippen LogP contribution < -0.4 is 0 Å². The van der Waals surface area contributed by atoms with Gasteiger partial charge in [-0.2, -0.15) is 0 Å². The first kappa shape index (κ1) is 19.4. The molecule has 0 radical (unpaired) electrons. The molecule has 1 heterocycles. The minimum Gasteiger partial charge on any atom is -0.477 e. The first-order valence-electron chi connectivity index (χ1n) is 10.3. The van der Waals surface area contributed by atoms with E-state index in [4.69, 9.17) is 4.74 Å². The van der Waals surface area contributed by atoms with Gasteiger partial charge in [-0.25, -0.2) is 0 Å². The molecule has 2 aliphatic rings. The minimum absolute atomic E-state index is 0.0514. The van der Waals surface area contributed by atoms with E-state index in [2.05, 4.69) is 38.1 Å². The molecule has 0 aromatic heterocycles. The van der Waals surface area contributed by atoms with Gasteiger partial charge >= 0.3 is 0 Å². The second-order valence-electron chi connectivity index (χ2n) is 8.21. The van der Waals surface area contributed by atoms with Crippen LogP contribution in [0.2, 0.25) is 0 Å². The number of Topliss-reactive ketones (excluding diaryl/α,β-unsaturated/α-hetero) is 2. The van der Waals surface area contributed by atoms with E-state index < -0.39 is 0 Å². The molecule has 29 heavy (non-hydrogen) atoms. The van der Waals surface area contributed by atoms with Gasteiger partial charge in [-0.05, 0) is 28.5 Å². The zero-order valence-electron chi connectivity index (χ0n) is 17.1. The van der Waals surface area contributed by atoms with E-state index in [0.717, 1.165) is 11.1 Å². The van der Waals surface area contributed by atoms with Crippen molar-refractivity contribution in [1.82, 2.24) is 4.90 Å². The van der Waals surface area contributed by atoms with Crippen molar-refractivity contribution in [2.45, 2.75) is 45.1 Å². The third-order valence-corrected chi connectivity index (χ3v) is 5.81. The van der Waals surface area contributed by atoms with Crippen molar-refractivity contribution in [3.8, 4) is 0 Å². The number of ether oxygens (including phenoxy) is 1. The van der Waals surface area contributed by atoms with E-state index in [1.54, 1.807) is 0 Å². The number of benzene rings is 2. The van der Waals surface area contributed by atoms with Gasteiger partial charge in [-0.1, -0.05) is 68.4 Å². The number of hydrogen-bond acceptors (Lipinski definition) is 4. The fourth-order valence-electron chi connectivity index (χ4n) is 4.14. The van der Waals surface area contributed by atoms with E-state index in [1.165, 1.54) is 5.56 Å². The van der Waals surface area contributed by atoms with E-state index >= 15 is 0 Å². The minimum atomic E-state index is -0.103. The zero-order chi connectivity index (χ0) is 20.4. The standard InChI is InChI=1S/C25H27NO3/c1-17(2)19-8-10-20(11-9-19)21-14-22(27)24(23(28)15-21)25-26(12-13-29-25)16-18-6-4-3-5-7-18/h3-11,17,21H,12-16H2,1-2H3. The maximum atomic E-state index is 13.0. The zero-order valence-corrected chi connectivity index (χ0v) is 17.1. The van der Waals surface area contributed by atoms with Crippen molar-refractivity contribution in [3.05, 3.63) is 82.7 Å². The Morgan fingerprint density at radius 1 is 0.966 bits per heavy atom. The molecule has 1 saturated carbocycles. The van der Waals surface area contributed by atoms with E-state index in [0.29, 0.717) is 44.3 Å². The summed E-state index contributed by atoms with van der Waals surface area (Å²) in [6, 6.07) is 18.4. The number of allylic oxidation sites excluding steroid dienone is 1. The van der Waals surface area contributed by atoms with Crippen LogP contribution in [0.15, 0.2) is 66.1 Å². The Hall–Kier alpha value is -2.88. The number of hydrogen-bond donors (Lipinski definition) is 0. The topological polar surface area (TPSA) is 46.6 Å². The van der Waals surface area contributed by atoms with Crippen LogP contribution in [0.3, 0.4) is 0 Å². The summed E-state index contributed by atoms with van der Waals surface area (Å²) >= 11 is 0. The number of carbonyl (C=O) groups excluding carboxylic acids is 2. The van der Waals surface area contributed by atoms with Gasteiger partial charge in [0, 0.05) is 19.4 Å². The molecule has 2 aromatic rings. The highest BCUT2D eigenvalue weighted by atomic mass is 16.5. The number of rotatable bonds is 4. The van der Waals surface area contributed by atoms with Crippen molar-refractivity contribution < 1.29 is 14.3 Å². The predicted octanol–water partition coefficient (Wildman–Crippen LogP) is 4.57. The summed E-state index contributed by atoms with van der Waals surface area (Å²) in [4.78, 5) is 27.9. The van der Waals surface area contributed by atoms with Crippen molar-refractivity contribution in [3.63, 3.8) is 0 Å². The van der Waals surface area contributed by atoms with Crippen LogP contribution in [-0.4, -0.2) is 29.6 Å². The van der Waals surface area contributed by atoms with Gasteiger partial charge in [-0.15, -0.1) is 0 Å². The van der Waals surface area contributed by atoms with Crippen molar-refractivity contribution in [2.24, 2.45) is 0 Å². The molecule has 0 atom stereocenters. The van der Waals surface area contributed by atoms with Crippen molar-refractivity contribution in [1.29, 1.82) is 0 Å². The molecule has 0 spiro atoms. The van der Waals surface area contributed by atoms with E-state index in [1.807, 2.05) is 35.2 Å². The van der Waals surface area contributed by atoms with Crippen molar-refractivity contribution in [2.75, 3.05) is 13.2 Å². The summed E-state index contributed by atoms with van der Waals surface area (Å²) in [7, 11) is 0. The van der Waals surface area contributed by atoms with Crippen molar-refractivity contribution >= 4 is 11.6 Å². The van der Waals surface area contributed by atoms with Gasteiger partial charge in [-0.3, -0.25) is 9.59 Å². The lowest BCUT2D eigenvalue weighted by atomic mass is 9.79. The third kappa shape index (κ3) is 4.12. The summed E-state index contributed by atoms with van der Waals surface area (Å²) in [5, 5.41) is 0. The summed E-state index contributed by atoms with van der Waals surface area (Å²) in [6.07, 6.45) is 0.711. The fraction of sp³-hybridized carbons (Fsp3) is 0.360. The molecule has 0 unspecified atom stereocenters. The Kier molecular flexibility index (Phi) is 5.52. The molecule has 150 valence electrons. The normalized spacial score (nSPS) is 19.8. The molecule has 0 amide bonds. The first-order chi connectivity index (χ1) is 14.0. The summed E-state index contributed by atoms with van der Waals surface area (Å²) in [6.45, 7) is 6.15. The molecule has 0 N–H and O–H groups in total. The Morgan fingerprint density at radius 2 is 1.62 bits per heavy atom. The molecule has 4 nitrogen and oxygen atoms in total.